The molecule has 2 fully saturated rings. The Hall–Kier alpha value is -2.63. The number of nitrogens with one attached hydrogen (secondary N) is 2. The Morgan fingerprint density at radius 3 is 2.57 bits per heavy atom. The second-order valence-corrected chi connectivity index (χ2v) is 9.25. The van der Waals surface area contributed by atoms with E-state index in [0.717, 1.165) is 22.5 Å². The summed E-state index contributed by atoms with van der Waals surface area (Å²) in [6.45, 7) is 6.37. The van der Waals surface area contributed by atoms with Crippen molar-refractivity contribution in [2.24, 2.45) is 0 Å². The van der Waals surface area contributed by atoms with Crippen molar-refractivity contribution in [3.8, 4) is 0 Å². The minimum atomic E-state index is -0.164. The topological polar surface area (TPSA) is 75.6 Å². The highest BCUT2D eigenvalue weighted by Gasteiger charge is 2.32. The predicted octanol–water partition coefficient (Wildman–Crippen LogP) is 4.91. The van der Waals surface area contributed by atoms with Gasteiger partial charge in [0.25, 0.3) is 5.91 Å². The largest absolute Gasteiger partial charge is 0.342 e. The van der Waals surface area contributed by atoms with E-state index in [2.05, 4.69) is 36.2 Å². The fraction of sp³-hybridized carbons (Fsp3) is 0.500. The molecule has 0 atom stereocenters. The van der Waals surface area contributed by atoms with Crippen molar-refractivity contribution in [3.63, 3.8) is 0 Å². The van der Waals surface area contributed by atoms with Crippen molar-refractivity contribution in [3.05, 3.63) is 41.5 Å². The number of H-pyrrole nitrogens is 1. The number of nitrogens with zero attached hydrogens (tertiary/aromatic N) is 3. The van der Waals surface area contributed by atoms with E-state index in [1.165, 1.54) is 37.8 Å². The molecule has 2 N–H and O–H groups in total. The maximum atomic E-state index is 12.8. The molecule has 0 aliphatic heterocycles. The highest BCUT2D eigenvalue weighted by atomic mass is 16.2. The summed E-state index contributed by atoms with van der Waals surface area (Å²) >= 11 is 0. The van der Waals surface area contributed by atoms with Crippen LogP contribution in [0, 0.1) is 0 Å². The smallest absolute Gasteiger partial charge is 0.276 e. The summed E-state index contributed by atoms with van der Waals surface area (Å²) in [4.78, 5) is 21.0. The molecular weight excluding hydrogens is 350 g/mol. The molecule has 6 nitrogen and oxygen atoms in total. The second kappa shape index (κ2) is 6.19. The van der Waals surface area contributed by atoms with E-state index in [1.54, 1.807) is 0 Å². The second-order valence-electron chi connectivity index (χ2n) is 9.25. The van der Waals surface area contributed by atoms with Gasteiger partial charge in [-0.15, -0.1) is 0 Å². The third-order valence-corrected chi connectivity index (χ3v) is 5.85. The lowest BCUT2D eigenvalue weighted by molar-refractivity contribution is 0.102. The van der Waals surface area contributed by atoms with Crippen LogP contribution in [0.15, 0.2) is 24.3 Å². The molecule has 2 heterocycles. The fourth-order valence-corrected chi connectivity index (χ4v) is 3.89. The third-order valence-electron chi connectivity index (χ3n) is 5.85. The van der Waals surface area contributed by atoms with Gasteiger partial charge in [0.2, 0.25) is 0 Å². The zero-order chi connectivity index (χ0) is 19.5. The molecule has 1 amide bonds. The van der Waals surface area contributed by atoms with Crippen LogP contribution in [0.4, 0.5) is 5.69 Å². The Kier molecular flexibility index (Phi) is 3.86. The van der Waals surface area contributed by atoms with E-state index >= 15 is 0 Å². The summed E-state index contributed by atoms with van der Waals surface area (Å²) in [5, 5.41) is 7.64. The summed E-state index contributed by atoms with van der Waals surface area (Å²) in [6.07, 6.45) is 6.07. The zero-order valence-corrected chi connectivity index (χ0v) is 16.7. The van der Waals surface area contributed by atoms with E-state index in [-0.39, 0.29) is 11.4 Å². The number of hydrogen-bond acceptors (Lipinski definition) is 3. The Morgan fingerprint density at radius 1 is 1.14 bits per heavy atom. The Bertz CT molecular complexity index is 1050. The van der Waals surface area contributed by atoms with Crippen molar-refractivity contribution in [1.82, 2.24) is 19.7 Å². The number of carbonyl (C=O) groups is 1. The van der Waals surface area contributed by atoms with Crippen LogP contribution in [0.1, 0.15) is 86.7 Å². The maximum Gasteiger partial charge on any atom is 0.276 e. The Balaban J connectivity index is 1.39. The molecule has 5 rings (SSSR count). The average molecular weight is 377 g/mol. The lowest BCUT2D eigenvalue weighted by Gasteiger charge is -2.22. The van der Waals surface area contributed by atoms with Crippen LogP contribution in [-0.4, -0.2) is 25.7 Å². The molecule has 0 unspecified atom stereocenters. The van der Waals surface area contributed by atoms with Crippen molar-refractivity contribution < 1.29 is 4.79 Å². The summed E-state index contributed by atoms with van der Waals surface area (Å²) < 4.78 is 2.02. The van der Waals surface area contributed by atoms with E-state index in [9.17, 15) is 4.79 Å². The van der Waals surface area contributed by atoms with Crippen LogP contribution >= 0.6 is 0 Å². The van der Waals surface area contributed by atoms with Gasteiger partial charge in [0.1, 0.15) is 5.82 Å². The molecule has 2 saturated carbocycles. The predicted molar refractivity (Wildman–Crippen MR) is 110 cm³/mol. The van der Waals surface area contributed by atoms with Crippen LogP contribution in [0.5, 0.6) is 0 Å². The van der Waals surface area contributed by atoms with Gasteiger partial charge in [-0.05, 0) is 70.7 Å². The average Bonchev–Trinajstić information content (AvgIpc) is 3.18. The number of aromatic nitrogens is 4. The van der Waals surface area contributed by atoms with E-state index in [4.69, 9.17) is 4.98 Å². The van der Waals surface area contributed by atoms with Gasteiger partial charge in [0, 0.05) is 23.2 Å². The van der Waals surface area contributed by atoms with E-state index < -0.39 is 0 Å². The molecule has 146 valence electrons. The van der Waals surface area contributed by atoms with Crippen LogP contribution in [0.25, 0.3) is 11.0 Å². The highest BCUT2D eigenvalue weighted by molar-refractivity contribution is 6.03. The molecular formula is C22H27N5O. The van der Waals surface area contributed by atoms with Crippen molar-refractivity contribution in [2.45, 2.75) is 70.3 Å². The zero-order valence-electron chi connectivity index (χ0n) is 16.7. The lowest BCUT2D eigenvalue weighted by atomic mass is 9.85. The van der Waals surface area contributed by atoms with Gasteiger partial charge in [-0.2, -0.15) is 5.10 Å². The molecule has 0 bridgehead atoms. The SMILES string of the molecule is CC(C)(C)n1nc(C(=O)Nc2ccc3nc(C4CCC4)[nH]c3c2)cc1C1CC1. The van der Waals surface area contributed by atoms with Crippen LogP contribution in [0.2, 0.25) is 0 Å². The first-order chi connectivity index (χ1) is 13.4. The minimum Gasteiger partial charge on any atom is -0.342 e. The molecule has 2 aliphatic rings. The minimum absolute atomic E-state index is 0.136. The quantitative estimate of drug-likeness (QED) is 0.678. The molecule has 6 heteroatoms. The fourth-order valence-electron chi connectivity index (χ4n) is 3.89. The molecule has 0 saturated heterocycles. The first-order valence-corrected chi connectivity index (χ1v) is 10.3. The molecule has 1 aromatic carbocycles. The first kappa shape index (κ1) is 17.5. The number of fused-ring (bicyclic) bond motifs is 1. The highest BCUT2D eigenvalue weighted by Crippen LogP contribution is 2.42. The number of amides is 1. The normalized spacial score (nSPS) is 17.7. The van der Waals surface area contributed by atoms with Crippen molar-refractivity contribution in [2.75, 3.05) is 5.32 Å². The molecule has 0 spiro atoms. The number of anilines is 1. The van der Waals surface area contributed by atoms with Gasteiger partial charge < -0.3 is 10.3 Å². The molecule has 0 radical (unpaired) electrons. The van der Waals surface area contributed by atoms with Gasteiger partial charge in [-0.1, -0.05) is 6.42 Å². The van der Waals surface area contributed by atoms with Crippen molar-refractivity contribution >= 4 is 22.6 Å². The standard InChI is InChI=1S/C22H27N5O/c1-22(2,3)27-19(13-7-8-13)12-18(26-27)21(28)23-15-9-10-16-17(11-15)25-20(24-16)14-5-4-6-14/h9-14H,4-8H2,1-3H3,(H,23,28)(H,24,25). The van der Waals surface area contributed by atoms with Gasteiger partial charge in [0.05, 0.1) is 16.6 Å². The number of benzene rings is 1. The summed E-state index contributed by atoms with van der Waals surface area (Å²) in [6, 6.07) is 7.80. The summed E-state index contributed by atoms with van der Waals surface area (Å²) in [5.74, 6) is 2.01. The van der Waals surface area contributed by atoms with Crippen molar-refractivity contribution in [1.29, 1.82) is 0 Å². The Morgan fingerprint density at radius 2 is 1.93 bits per heavy atom. The molecule has 2 aliphatic carbocycles. The van der Waals surface area contributed by atoms with Gasteiger partial charge in [0.15, 0.2) is 5.69 Å². The van der Waals surface area contributed by atoms with E-state index in [1.807, 2.05) is 28.9 Å². The molecule has 2 aromatic heterocycles. The monoisotopic (exact) mass is 377 g/mol. The number of carbonyl (C=O) groups excluding carboxylic acids is 1. The molecule has 28 heavy (non-hydrogen) atoms. The number of aromatic amines is 1. The first-order valence-electron chi connectivity index (χ1n) is 10.3. The molecule has 3 aromatic rings. The van der Waals surface area contributed by atoms with Crippen LogP contribution < -0.4 is 5.32 Å². The van der Waals surface area contributed by atoms with Crippen LogP contribution in [-0.2, 0) is 5.54 Å². The number of rotatable bonds is 4. The Labute approximate surface area is 164 Å². The van der Waals surface area contributed by atoms with Gasteiger partial charge in [-0.3, -0.25) is 9.48 Å². The summed E-state index contributed by atoms with van der Waals surface area (Å²) in [5.41, 5.74) is 4.21. The number of imidazole rings is 1. The summed E-state index contributed by atoms with van der Waals surface area (Å²) in [7, 11) is 0. The number of hydrogen-bond donors (Lipinski definition) is 2. The van der Waals surface area contributed by atoms with Crippen LogP contribution in [0.3, 0.4) is 0 Å². The lowest BCUT2D eigenvalue weighted by Crippen LogP contribution is -2.25. The third kappa shape index (κ3) is 3.11. The maximum absolute atomic E-state index is 12.8. The van der Waals surface area contributed by atoms with E-state index in [0.29, 0.717) is 17.5 Å². The van der Waals surface area contributed by atoms with Gasteiger partial charge >= 0.3 is 0 Å². The van der Waals surface area contributed by atoms with Gasteiger partial charge in [-0.25, -0.2) is 4.98 Å².